The van der Waals surface area contributed by atoms with Gasteiger partial charge in [0.05, 0.1) is 0 Å². The number of benzene rings is 1. The molecule has 0 aliphatic heterocycles. The molecule has 0 saturated heterocycles. The maximum atomic E-state index is 4.80. The van der Waals surface area contributed by atoms with Crippen LogP contribution in [0.5, 0.6) is 0 Å². The molecule has 0 atom stereocenters. The first kappa shape index (κ1) is 15.5. The molecule has 0 bridgehead atoms. The number of hydrogen-bond acceptors (Lipinski definition) is 3. The monoisotopic (exact) mass is 283 g/mol. The van der Waals surface area contributed by atoms with Crippen molar-refractivity contribution in [2.75, 3.05) is 11.9 Å². The second kappa shape index (κ2) is 7.23. The summed E-state index contributed by atoms with van der Waals surface area (Å²) in [6.45, 7) is 8.25. The Morgan fingerprint density at radius 1 is 1.10 bits per heavy atom. The Kier molecular flexibility index (Phi) is 5.34. The van der Waals surface area contributed by atoms with E-state index in [9.17, 15) is 0 Å². The average Bonchev–Trinajstić information content (AvgIpc) is 2.48. The summed E-state index contributed by atoms with van der Waals surface area (Å²) in [6, 6.07) is 15.3. The lowest BCUT2D eigenvalue weighted by Gasteiger charge is -2.28. The van der Waals surface area contributed by atoms with Gasteiger partial charge in [0, 0.05) is 24.8 Å². The van der Waals surface area contributed by atoms with Crippen LogP contribution in [0, 0.1) is 6.92 Å². The largest absolute Gasteiger partial charge is 0.350 e. The van der Waals surface area contributed by atoms with E-state index >= 15 is 0 Å². The Hall–Kier alpha value is -1.87. The summed E-state index contributed by atoms with van der Waals surface area (Å²) < 4.78 is 0. The van der Waals surface area contributed by atoms with E-state index in [1.54, 1.807) is 0 Å². The Bertz CT molecular complexity index is 564. The molecule has 1 N–H and O–H groups in total. The van der Waals surface area contributed by atoms with Crippen LogP contribution in [0.15, 0.2) is 42.5 Å². The molecule has 0 aliphatic rings. The number of nitrogens with zero attached hydrogens (tertiary/aromatic N) is 2. The molecule has 1 aromatic carbocycles. The number of nitrogens with one attached hydrogen (secondary N) is 1. The summed E-state index contributed by atoms with van der Waals surface area (Å²) in [5, 5.41) is 3.18. The van der Waals surface area contributed by atoms with Gasteiger partial charge in [0.25, 0.3) is 0 Å². The van der Waals surface area contributed by atoms with Gasteiger partial charge in [0.1, 0.15) is 5.82 Å². The van der Waals surface area contributed by atoms with E-state index in [4.69, 9.17) is 4.98 Å². The van der Waals surface area contributed by atoms with E-state index in [2.05, 4.69) is 73.5 Å². The predicted octanol–water partition coefficient (Wildman–Crippen LogP) is 3.52. The molecule has 1 aromatic heterocycles. The molecular weight excluding hydrogens is 258 g/mol. The third-order valence-corrected chi connectivity index (χ3v) is 3.66. The van der Waals surface area contributed by atoms with Crippen molar-refractivity contribution in [3.05, 3.63) is 59.3 Å². The Morgan fingerprint density at radius 2 is 1.81 bits per heavy atom. The second-order valence-electron chi connectivity index (χ2n) is 5.65. The fraction of sp³-hybridized carbons (Fsp3) is 0.389. The maximum Gasteiger partial charge on any atom is 0.129 e. The summed E-state index contributed by atoms with van der Waals surface area (Å²) in [5.41, 5.74) is 3.66. The van der Waals surface area contributed by atoms with E-state index in [1.807, 2.05) is 7.05 Å². The zero-order chi connectivity index (χ0) is 15.2. The molecule has 0 unspecified atom stereocenters. The highest BCUT2D eigenvalue weighted by Gasteiger charge is 2.13. The first-order valence-electron chi connectivity index (χ1n) is 7.53. The molecule has 0 aliphatic carbocycles. The molecule has 3 heteroatoms. The van der Waals surface area contributed by atoms with Gasteiger partial charge in [-0.3, -0.25) is 0 Å². The van der Waals surface area contributed by atoms with Gasteiger partial charge in [-0.1, -0.05) is 36.4 Å². The van der Waals surface area contributed by atoms with E-state index in [0.29, 0.717) is 6.04 Å². The lowest BCUT2D eigenvalue weighted by Crippen LogP contribution is -2.31. The molecule has 2 rings (SSSR count). The lowest BCUT2D eigenvalue weighted by atomic mass is 10.1. The average molecular weight is 283 g/mol. The summed E-state index contributed by atoms with van der Waals surface area (Å²) in [6.07, 6.45) is 0. The number of pyridine rings is 1. The van der Waals surface area contributed by atoms with Crippen molar-refractivity contribution in [2.45, 2.75) is 39.9 Å². The van der Waals surface area contributed by atoms with Gasteiger partial charge in [0.15, 0.2) is 0 Å². The highest BCUT2D eigenvalue weighted by molar-refractivity contribution is 5.43. The molecule has 112 valence electrons. The minimum Gasteiger partial charge on any atom is -0.350 e. The van der Waals surface area contributed by atoms with Gasteiger partial charge in [0.2, 0.25) is 0 Å². The van der Waals surface area contributed by atoms with Crippen LogP contribution in [-0.4, -0.2) is 18.1 Å². The van der Waals surface area contributed by atoms with Crippen molar-refractivity contribution in [3.63, 3.8) is 0 Å². The van der Waals surface area contributed by atoms with Crippen LogP contribution >= 0.6 is 0 Å². The van der Waals surface area contributed by atoms with Crippen LogP contribution in [0.1, 0.15) is 30.7 Å². The molecule has 0 fully saturated rings. The summed E-state index contributed by atoms with van der Waals surface area (Å²) in [5.74, 6) is 1.05. The quantitative estimate of drug-likeness (QED) is 0.879. The maximum absolute atomic E-state index is 4.80. The van der Waals surface area contributed by atoms with Crippen molar-refractivity contribution in [1.82, 2.24) is 10.3 Å². The molecular formula is C18H25N3. The third-order valence-electron chi connectivity index (χ3n) is 3.66. The second-order valence-corrected chi connectivity index (χ2v) is 5.65. The number of aryl methyl sites for hydroxylation is 1. The molecule has 0 saturated carbocycles. The molecule has 0 radical (unpaired) electrons. The van der Waals surface area contributed by atoms with Crippen molar-refractivity contribution in [3.8, 4) is 0 Å². The van der Waals surface area contributed by atoms with E-state index in [0.717, 1.165) is 24.6 Å². The van der Waals surface area contributed by atoms with Gasteiger partial charge in [-0.25, -0.2) is 4.98 Å². The Balaban J connectivity index is 2.24. The normalized spacial score (nSPS) is 10.9. The number of aromatic nitrogens is 1. The summed E-state index contributed by atoms with van der Waals surface area (Å²) in [7, 11) is 1.96. The number of hydrogen-bond donors (Lipinski definition) is 1. The van der Waals surface area contributed by atoms with E-state index < -0.39 is 0 Å². The van der Waals surface area contributed by atoms with Gasteiger partial charge < -0.3 is 10.2 Å². The molecule has 0 amide bonds. The van der Waals surface area contributed by atoms with Gasteiger partial charge in [-0.2, -0.15) is 0 Å². The van der Waals surface area contributed by atoms with Crippen molar-refractivity contribution in [1.29, 1.82) is 0 Å². The summed E-state index contributed by atoms with van der Waals surface area (Å²) in [4.78, 5) is 7.13. The predicted molar refractivity (Wildman–Crippen MR) is 89.5 cm³/mol. The highest BCUT2D eigenvalue weighted by Crippen LogP contribution is 2.20. The zero-order valence-electron chi connectivity index (χ0n) is 13.4. The fourth-order valence-corrected chi connectivity index (χ4v) is 2.42. The van der Waals surface area contributed by atoms with E-state index in [1.165, 1.54) is 11.1 Å². The SMILES string of the molecule is CNCc1ccc(N(Cc2ccccc2)C(C)C)nc1C. The van der Waals surface area contributed by atoms with Crippen LogP contribution < -0.4 is 10.2 Å². The molecule has 21 heavy (non-hydrogen) atoms. The van der Waals surface area contributed by atoms with Crippen molar-refractivity contribution < 1.29 is 0 Å². The van der Waals surface area contributed by atoms with Crippen LogP contribution in [0.3, 0.4) is 0 Å². The summed E-state index contributed by atoms with van der Waals surface area (Å²) >= 11 is 0. The minimum absolute atomic E-state index is 0.409. The Labute approximate surface area is 128 Å². The van der Waals surface area contributed by atoms with Gasteiger partial charge in [-0.05, 0) is 45.0 Å². The molecule has 0 spiro atoms. The molecule has 1 heterocycles. The van der Waals surface area contributed by atoms with Crippen molar-refractivity contribution in [2.24, 2.45) is 0 Å². The minimum atomic E-state index is 0.409. The van der Waals surface area contributed by atoms with Gasteiger partial charge >= 0.3 is 0 Å². The molecule has 3 nitrogen and oxygen atoms in total. The third kappa shape index (κ3) is 4.05. The fourth-order valence-electron chi connectivity index (χ4n) is 2.42. The lowest BCUT2D eigenvalue weighted by molar-refractivity contribution is 0.670. The smallest absolute Gasteiger partial charge is 0.129 e. The standard InChI is InChI=1S/C18H25N3/c1-14(2)21(13-16-8-6-5-7-9-16)18-11-10-17(12-19-4)15(3)20-18/h5-11,14,19H,12-13H2,1-4H3. The van der Waals surface area contributed by atoms with Gasteiger partial charge in [-0.15, -0.1) is 0 Å². The molecule has 2 aromatic rings. The van der Waals surface area contributed by atoms with Crippen LogP contribution in [-0.2, 0) is 13.1 Å². The zero-order valence-corrected chi connectivity index (χ0v) is 13.4. The van der Waals surface area contributed by atoms with Crippen molar-refractivity contribution >= 4 is 5.82 Å². The van der Waals surface area contributed by atoms with E-state index in [-0.39, 0.29) is 0 Å². The topological polar surface area (TPSA) is 28.2 Å². The number of rotatable bonds is 6. The van der Waals surface area contributed by atoms with Crippen LogP contribution in [0.2, 0.25) is 0 Å². The highest BCUT2D eigenvalue weighted by atomic mass is 15.2. The van der Waals surface area contributed by atoms with Crippen LogP contribution in [0.4, 0.5) is 5.82 Å². The first-order valence-corrected chi connectivity index (χ1v) is 7.53. The van der Waals surface area contributed by atoms with Crippen LogP contribution in [0.25, 0.3) is 0 Å². The Morgan fingerprint density at radius 3 is 2.38 bits per heavy atom. The number of anilines is 1. The first-order chi connectivity index (χ1) is 10.1.